The zero-order chi connectivity index (χ0) is 19.5. The fourth-order valence-electron chi connectivity index (χ4n) is 3.97. The summed E-state index contributed by atoms with van der Waals surface area (Å²) in [4.78, 5) is 0. The Morgan fingerprint density at radius 1 is 0.654 bits per heavy atom. The van der Waals surface area contributed by atoms with Crippen molar-refractivity contribution >= 4 is 0 Å². The van der Waals surface area contributed by atoms with Crippen molar-refractivity contribution in [1.29, 1.82) is 0 Å². The van der Waals surface area contributed by atoms with Gasteiger partial charge in [0.25, 0.3) is 0 Å². The minimum Gasteiger partial charge on any atom is -0.396 e. The molecule has 0 fully saturated rings. The number of unbranched alkanes of at least 4 members (excludes halogenated alkanes) is 13. The highest BCUT2D eigenvalue weighted by Crippen LogP contribution is 2.27. The van der Waals surface area contributed by atoms with Crippen LogP contribution in [0.4, 0.5) is 0 Å². The lowest BCUT2D eigenvalue weighted by molar-refractivity contribution is 0.146. The average Bonchev–Trinajstić information content (AvgIpc) is 2.62. The van der Waals surface area contributed by atoms with Crippen LogP contribution in [0.2, 0.25) is 0 Å². The molecule has 1 atom stereocenters. The summed E-state index contributed by atoms with van der Waals surface area (Å²) in [6.07, 6.45) is 21.6. The second-order valence-corrected chi connectivity index (χ2v) is 8.47. The molecule has 158 valence electrons. The normalized spacial score (nSPS) is 13.3. The predicted octanol–water partition coefficient (Wildman–Crippen LogP) is 5.96. The summed E-state index contributed by atoms with van der Waals surface area (Å²) in [5.74, 6) is 0.360. The monoisotopic (exact) mass is 371 g/mol. The summed E-state index contributed by atoms with van der Waals surface area (Å²) in [6.45, 7) is 4.67. The van der Waals surface area contributed by atoms with Gasteiger partial charge in [-0.2, -0.15) is 0 Å². The number of rotatable bonds is 20. The van der Waals surface area contributed by atoms with E-state index in [-0.39, 0.29) is 13.2 Å². The number of aliphatic hydroxyl groups excluding tert-OH is 2. The Balaban J connectivity index is 3.44. The van der Waals surface area contributed by atoms with Gasteiger partial charge < -0.3 is 15.9 Å². The van der Waals surface area contributed by atoms with Crippen molar-refractivity contribution in [2.45, 2.75) is 129 Å². The molecule has 0 rings (SSSR count). The van der Waals surface area contributed by atoms with Crippen LogP contribution in [0.1, 0.15) is 123 Å². The number of aliphatic hydroxyl groups is 2. The molecule has 0 spiro atoms. The fourth-order valence-corrected chi connectivity index (χ4v) is 3.97. The van der Waals surface area contributed by atoms with E-state index >= 15 is 0 Å². The van der Waals surface area contributed by atoms with Gasteiger partial charge in [0.2, 0.25) is 0 Å². The van der Waals surface area contributed by atoms with Crippen LogP contribution in [0.25, 0.3) is 0 Å². The van der Waals surface area contributed by atoms with Gasteiger partial charge in [-0.3, -0.25) is 0 Å². The molecule has 1 unspecified atom stereocenters. The first kappa shape index (κ1) is 25.9. The van der Waals surface area contributed by atoms with Crippen LogP contribution in [0.5, 0.6) is 0 Å². The second kappa shape index (κ2) is 18.3. The number of nitrogens with two attached hydrogens (primary N) is 1. The van der Waals surface area contributed by atoms with Crippen molar-refractivity contribution < 1.29 is 10.2 Å². The molecule has 0 saturated carbocycles. The summed E-state index contributed by atoms with van der Waals surface area (Å²) >= 11 is 0. The van der Waals surface area contributed by atoms with E-state index in [9.17, 15) is 10.2 Å². The summed E-state index contributed by atoms with van der Waals surface area (Å²) in [6, 6.07) is 0. The number of hydrogen-bond acceptors (Lipinski definition) is 3. The Morgan fingerprint density at radius 3 is 1.35 bits per heavy atom. The third-order valence-electron chi connectivity index (χ3n) is 6.13. The van der Waals surface area contributed by atoms with Crippen molar-refractivity contribution in [1.82, 2.24) is 0 Å². The minimum absolute atomic E-state index is 0.111. The standard InChI is InChI=1S/C23H49NO2/c1-3-4-5-6-7-8-9-10-11-12-13-14-15-16-17-22(2)23(24,18-20-25)19-21-26/h22,25-26H,3-21,24H2,1-2H3. The largest absolute Gasteiger partial charge is 0.396 e. The molecule has 26 heavy (non-hydrogen) atoms. The van der Waals surface area contributed by atoms with Crippen LogP contribution in [-0.4, -0.2) is 29.0 Å². The highest BCUT2D eigenvalue weighted by atomic mass is 16.3. The molecule has 0 aromatic heterocycles. The molecule has 0 saturated heterocycles. The number of hydrogen-bond donors (Lipinski definition) is 3. The van der Waals surface area contributed by atoms with E-state index < -0.39 is 5.54 Å². The van der Waals surface area contributed by atoms with E-state index in [1.165, 1.54) is 89.9 Å². The van der Waals surface area contributed by atoms with Gasteiger partial charge in [-0.1, -0.05) is 104 Å². The van der Waals surface area contributed by atoms with E-state index in [0.717, 1.165) is 6.42 Å². The van der Waals surface area contributed by atoms with Crippen molar-refractivity contribution in [2.75, 3.05) is 13.2 Å². The van der Waals surface area contributed by atoms with Crippen LogP contribution in [0.3, 0.4) is 0 Å². The zero-order valence-corrected chi connectivity index (χ0v) is 18.0. The van der Waals surface area contributed by atoms with E-state index in [0.29, 0.717) is 18.8 Å². The zero-order valence-electron chi connectivity index (χ0n) is 18.0. The molecule has 0 radical (unpaired) electrons. The lowest BCUT2D eigenvalue weighted by Crippen LogP contribution is -2.47. The smallest absolute Gasteiger partial charge is 0.0448 e. The molecule has 0 amide bonds. The highest BCUT2D eigenvalue weighted by molar-refractivity contribution is 4.88. The van der Waals surface area contributed by atoms with Crippen molar-refractivity contribution in [3.05, 3.63) is 0 Å². The summed E-state index contributed by atoms with van der Waals surface area (Å²) in [5, 5.41) is 18.4. The van der Waals surface area contributed by atoms with Crippen molar-refractivity contribution in [3.63, 3.8) is 0 Å². The van der Waals surface area contributed by atoms with Gasteiger partial charge in [0.1, 0.15) is 0 Å². The van der Waals surface area contributed by atoms with Crippen LogP contribution >= 0.6 is 0 Å². The summed E-state index contributed by atoms with van der Waals surface area (Å²) < 4.78 is 0. The molecule has 3 nitrogen and oxygen atoms in total. The molecule has 0 heterocycles. The first-order valence-electron chi connectivity index (χ1n) is 11.6. The van der Waals surface area contributed by atoms with Crippen LogP contribution in [0, 0.1) is 5.92 Å². The van der Waals surface area contributed by atoms with Gasteiger partial charge >= 0.3 is 0 Å². The molecular weight excluding hydrogens is 322 g/mol. The van der Waals surface area contributed by atoms with E-state index in [1.807, 2.05) is 0 Å². The Kier molecular flexibility index (Phi) is 18.2. The maximum atomic E-state index is 9.21. The molecule has 0 aromatic carbocycles. The van der Waals surface area contributed by atoms with Crippen molar-refractivity contribution in [3.8, 4) is 0 Å². The van der Waals surface area contributed by atoms with Crippen LogP contribution in [-0.2, 0) is 0 Å². The SMILES string of the molecule is CCCCCCCCCCCCCCCCC(C)C(N)(CCO)CCO. The summed E-state index contributed by atoms with van der Waals surface area (Å²) in [5.41, 5.74) is 5.99. The lowest BCUT2D eigenvalue weighted by atomic mass is 9.78. The maximum absolute atomic E-state index is 9.21. The molecule has 0 aromatic rings. The van der Waals surface area contributed by atoms with E-state index in [1.54, 1.807) is 0 Å². The third kappa shape index (κ3) is 14.0. The topological polar surface area (TPSA) is 66.5 Å². The third-order valence-corrected chi connectivity index (χ3v) is 6.13. The molecule has 0 aliphatic carbocycles. The molecule has 0 bridgehead atoms. The molecule has 0 aliphatic heterocycles. The molecular formula is C23H49NO2. The first-order valence-corrected chi connectivity index (χ1v) is 11.6. The minimum atomic E-state index is -0.403. The molecule has 3 heteroatoms. The Labute approximate surface area is 164 Å². The second-order valence-electron chi connectivity index (χ2n) is 8.47. The maximum Gasteiger partial charge on any atom is 0.0448 e. The molecule has 0 aliphatic rings. The molecule has 4 N–H and O–H groups in total. The van der Waals surface area contributed by atoms with Gasteiger partial charge in [-0.05, 0) is 25.2 Å². The quantitative estimate of drug-likeness (QED) is 0.231. The van der Waals surface area contributed by atoms with Crippen LogP contribution < -0.4 is 5.73 Å². The summed E-state index contributed by atoms with van der Waals surface area (Å²) in [7, 11) is 0. The van der Waals surface area contributed by atoms with Gasteiger partial charge in [-0.15, -0.1) is 0 Å². The Hall–Kier alpha value is -0.120. The fraction of sp³-hybridized carbons (Fsp3) is 1.00. The van der Waals surface area contributed by atoms with E-state index in [4.69, 9.17) is 5.73 Å². The van der Waals surface area contributed by atoms with Gasteiger partial charge in [-0.25, -0.2) is 0 Å². The highest BCUT2D eigenvalue weighted by Gasteiger charge is 2.30. The Bertz CT molecular complexity index is 277. The lowest BCUT2D eigenvalue weighted by Gasteiger charge is -2.35. The predicted molar refractivity (Wildman–Crippen MR) is 114 cm³/mol. The van der Waals surface area contributed by atoms with Gasteiger partial charge in [0.05, 0.1) is 0 Å². The Morgan fingerprint density at radius 2 is 1.00 bits per heavy atom. The van der Waals surface area contributed by atoms with Gasteiger partial charge in [0.15, 0.2) is 0 Å². The van der Waals surface area contributed by atoms with Crippen molar-refractivity contribution in [2.24, 2.45) is 11.7 Å². The first-order chi connectivity index (χ1) is 12.6. The van der Waals surface area contributed by atoms with E-state index in [2.05, 4.69) is 13.8 Å². The van der Waals surface area contributed by atoms with Gasteiger partial charge in [0, 0.05) is 18.8 Å². The average molecular weight is 372 g/mol. The van der Waals surface area contributed by atoms with Crippen LogP contribution in [0.15, 0.2) is 0 Å².